The Hall–Kier alpha value is -1.65. The van der Waals surface area contributed by atoms with Crippen molar-refractivity contribution in [1.29, 1.82) is 0 Å². The van der Waals surface area contributed by atoms with E-state index in [0.29, 0.717) is 0 Å². The smallest absolute Gasteiger partial charge is 0.271 e. The minimum Gasteiger partial charge on any atom is -0.380 e. The quantitative estimate of drug-likeness (QED) is 0.452. The first kappa shape index (κ1) is 14.4. The number of nitro groups is 1. The fourth-order valence-corrected chi connectivity index (χ4v) is 1.78. The predicted octanol–water partition coefficient (Wildman–Crippen LogP) is 4.11. The molecule has 0 amide bonds. The summed E-state index contributed by atoms with van der Waals surface area (Å²) in [5, 5.41) is 13.6. The molecule has 100 valence electrons. The molecule has 4 nitrogen and oxygen atoms in total. The topological polar surface area (TPSA) is 55.2 Å². The third-order valence-electron chi connectivity index (χ3n) is 2.80. The Kier molecular flexibility index (Phi) is 5.55. The van der Waals surface area contributed by atoms with E-state index in [-0.39, 0.29) is 17.4 Å². The third kappa shape index (κ3) is 4.31. The highest BCUT2D eigenvalue weighted by molar-refractivity contribution is 5.52. The van der Waals surface area contributed by atoms with Crippen molar-refractivity contribution in [2.24, 2.45) is 0 Å². The standard InChI is InChI=1S/C13H19FN2O2/c1-3-4-5-6-10(2)15-13-9-11(16(17)18)7-8-12(13)14/h7-10,15H,3-6H2,1-2H3. The molecule has 1 rings (SSSR count). The number of unbranched alkanes of at least 4 members (excludes halogenated alkanes) is 2. The lowest BCUT2D eigenvalue weighted by Gasteiger charge is -2.15. The number of nitrogens with one attached hydrogen (secondary N) is 1. The maximum atomic E-state index is 13.5. The second kappa shape index (κ2) is 6.93. The maximum Gasteiger partial charge on any atom is 0.271 e. The van der Waals surface area contributed by atoms with E-state index in [2.05, 4.69) is 12.2 Å². The van der Waals surface area contributed by atoms with Crippen molar-refractivity contribution in [3.05, 3.63) is 34.1 Å². The highest BCUT2D eigenvalue weighted by atomic mass is 19.1. The monoisotopic (exact) mass is 254 g/mol. The second-order valence-electron chi connectivity index (χ2n) is 4.46. The van der Waals surface area contributed by atoms with Gasteiger partial charge >= 0.3 is 0 Å². The largest absolute Gasteiger partial charge is 0.380 e. The fraction of sp³-hybridized carbons (Fsp3) is 0.538. The van der Waals surface area contributed by atoms with Gasteiger partial charge in [0.2, 0.25) is 0 Å². The van der Waals surface area contributed by atoms with Crippen LogP contribution >= 0.6 is 0 Å². The zero-order valence-electron chi connectivity index (χ0n) is 10.8. The van der Waals surface area contributed by atoms with Crippen LogP contribution in [0.15, 0.2) is 18.2 Å². The third-order valence-corrected chi connectivity index (χ3v) is 2.80. The van der Waals surface area contributed by atoms with Gasteiger partial charge in [-0.2, -0.15) is 0 Å². The number of nitro benzene ring substituents is 1. The summed E-state index contributed by atoms with van der Waals surface area (Å²) in [6.07, 6.45) is 4.28. The molecule has 1 aromatic rings. The lowest BCUT2D eigenvalue weighted by molar-refractivity contribution is -0.384. The summed E-state index contributed by atoms with van der Waals surface area (Å²) in [6, 6.07) is 3.64. The van der Waals surface area contributed by atoms with E-state index in [1.54, 1.807) is 0 Å². The van der Waals surface area contributed by atoms with Crippen LogP contribution in [-0.4, -0.2) is 11.0 Å². The molecule has 1 atom stereocenters. The molecule has 0 fully saturated rings. The van der Waals surface area contributed by atoms with Crippen LogP contribution in [0.2, 0.25) is 0 Å². The van der Waals surface area contributed by atoms with E-state index in [1.165, 1.54) is 12.1 Å². The van der Waals surface area contributed by atoms with Crippen LogP contribution in [0.4, 0.5) is 15.8 Å². The molecule has 18 heavy (non-hydrogen) atoms. The molecule has 0 aliphatic heterocycles. The SMILES string of the molecule is CCCCCC(C)Nc1cc([N+](=O)[O-])ccc1F. The Morgan fingerprint density at radius 3 is 2.78 bits per heavy atom. The molecule has 0 saturated heterocycles. The number of hydrogen-bond donors (Lipinski definition) is 1. The lowest BCUT2D eigenvalue weighted by atomic mass is 10.1. The number of benzene rings is 1. The van der Waals surface area contributed by atoms with Crippen molar-refractivity contribution >= 4 is 11.4 Å². The molecule has 1 aromatic carbocycles. The van der Waals surface area contributed by atoms with E-state index in [4.69, 9.17) is 0 Å². The minimum atomic E-state index is -0.521. The summed E-state index contributed by atoms with van der Waals surface area (Å²) in [5.74, 6) is -0.456. The Morgan fingerprint density at radius 2 is 2.17 bits per heavy atom. The van der Waals surface area contributed by atoms with Crippen LogP contribution in [0, 0.1) is 15.9 Å². The van der Waals surface area contributed by atoms with Gasteiger partial charge in [0.25, 0.3) is 5.69 Å². The molecule has 0 aromatic heterocycles. The maximum absolute atomic E-state index is 13.5. The van der Waals surface area contributed by atoms with Crippen molar-refractivity contribution in [1.82, 2.24) is 0 Å². The average molecular weight is 254 g/mol. The minimum absolute atomic E-state index is 0.0975. The first-order valence-electron chi connectivity index (χ1n) is 6.25. The van der Waals surface area contributed by atoms with Crippen LogP contribution in [0.5, 0.6) is 0 Å². The van der Waals surface area contributed by atoms with E-state index >= 15 is 0 Å². The average Bonchev–Trinajstić information content (AvgIpc) is 2.32. The lowest BCUT2D eigenvalue weighted by Crippen LogP contribution is -2.16. The van der Waals surface area contributed by atoms with Gasteiger partial charge in [-0.25, -0.2) is 4.39 Å². The molecule has 5 heteroatoms. The fourth-order valence-electron chi connectivity index (χ4n) is 1.78. The van der Waals surface area contributed by atoms with Gasteiger partial charge < -0.3 is 5.32 Å². The van der Waals surface area contributed by atoms with Crippen LogP contribution in [0.3, 0.4) is 0 Å². The second-order valence-corrected chi connectivity index (χ2v) is 4.46. The number of nitrogens with zero attached hydrogens (tertiary/aromatic N) is 1. The first-order valence-corrected chi connectivity index (χ1v) is 6.25. The zero-order valence-corrected chi connectivity index (χ0v) is 10.8. The molecule has 0 bridgehead atoms. The van der Waals surface area contributed by atoms with Gasteiger partial charge in [-0.3, -0.25) is 10.1 Å². The van der Waals surface area contributed by atoms with Gasteiger partial charge in [-0.15, -0.1) is 0 Å². The van der Waals surface area contributed by atoms with Crippen molar-refractivity contribution in [2.75, 3.05) is 5.32 Å². The highest BCUT2D eigenvalue weighted by Gasteiger charge is 2.12. The van der Waals surface area contributed by atoms with Crippen molar-refractivity contribution < 1.29 is 9.31 Å². The highest BCUT2D eigenvalue weighted by Crippen LogP contribution is 2.22. The van der Waals surface area contributed by atoms with Gasteiger partial charge in [0.05, 0.1) is 10.6 Å². The number of hydrogen-bond acceptors (Lipinski definition) is 3. The predicted molar refractivity (Wildman–Crippen MR) is 70.3 cm³/mol. The molecule has 0 radical (unpaired) electrons. The Bertz CT molecular complexity index is 410. The summed E-state index contributed by atoms with van der Waals surface area (Å²) in [6.45, 7) is 4.08. The van der Waals surface area contributed by atoms with Crippen LogP contribution in [-0.2, 0) is 0 Å². The number of rotatable bonds is 7. The Labute approximate surface area is 106 Å². The summed E-state index contributed by atoms with van der Waals surface area (Å²) in [7, 11) is 0. The molecular formula is C13H19FN2O2. The van der Waals surface area contributed by atoms with Crippen LogP contribution < -0.4 is 5.32 Å². The van der Waals surface area contributed by atoms with Gasteiger partial charge in [0.1, 0.15) is 5.82 Å². The molecule has 0 saturated carbocycles. The summed E-state index contributed by atoms with van der Waals surface area (Å²) in [4.78, 5) is 10.1. The van der Waals surface area contributed by atoms with Crippen molar-refractivity contribution in [2.45, 2.75) is 45.6 Å². The molecule has 0 aliphatic carbocycles. The van der Waals surface area contributed by atoms with E-state index in [9.17, 15) is 14.5 Å². The van der Waals surface area contributed by atoms with Crippen LogP contribution in [0.25, 0.3) is 0 Å². The normalized spacial score (nSPS) is 12.2. The van der Waals surface area contributed by atoms with Crippen molar-refractivity contribution in [3.63, 3.8) is 0 Å². The van der Waals surface area contributed by atoms with Gasteiger partial charge in [-0.1, -0.05) is 26.2 Å². The van der Waals surface area contributed by atoms with Crippen molar-refractivity contribution in [3.8, 4) is 0 Å². The molecule has 0 spiro atoms. The van der Waals surface area contributed by atoms with Gasteiger partial charge in [-0.05, 0) is 19.4 Å². The zero-order chi connectivity index (χ0) is 13.5. The van der Waals surface area contributed by atoms with E-state index < -0.39 is 10.7 Å². The number of halogens is 1. The molecule has 0 heterocycles. The summed E-state index contributed by atoms with van der Waals surface area (Å²) < 4.78 is 13.5. The number of non-ortho nitro benzene ring substituents is 1. The van der Waals surface area contributed by atoms with E-state index in [1.807, 2.05) is 6.92 Å². The van der Waals surface area contributed by atoms with Gasteiger partial charge in [0, 0.05) is 18.2 Å². The molecule has 1 unspecified atom stereocenters. The summed E-state index contributed by atoms with van der Waals surface area (Å²) >= 11 is 0. The molecule has 1 N–H and O–H groups in total. The first-order chi connectivity index (χ1) is 8.54. The summed E-state index contributed by atoms with van der Waals surface area (Å²) in [5.41, 5.74) is 0.104. The van der Waals surface area contributed by atoms with E-state index in [0.717, 1.165) is 31.7 Å². The number of anilines is 1. The van der Waals surface area contributed by atoms with Gasteiger partial charge in [0.15, 0.2) is 0 Å². The van der Waals surface area contributed by atoms with Crippen LogP contribution in [0.1, 0.15) is 39.5 Å². The molecular weight excluding hydrogens is 235 g/mol. The Morgan fingerprint density at radius 1 is 1.44 bits per heavy atom. The molecule has 0 aliphatic rings. The Balaban J connectivity index is 2.65.